The molecule has 2 aromatic heterocycles. The topological polar surface area (TPSA) is 34.6 Å². The number of para-hydroxylation sites is 3. The molecule has 1 aliphatic rings. The first-order valence-electron chi connectivity index (χ1n) is 18.7. The summed E-state index contributed by atoms with van der Waals surface area (Å²) in [5.74, 6) is 0.623. The summed E-state index contributed by atoms with van der Waals surface area (Å²) >= 11 is 0. The number of fused-ring (bicyclic) bond motifs is 6. The van der Waals surface area contributed by atoms with Gasteiger partial charge in [-0.1, -0.05) is 152 Å². The van der Waals surface area contributed by atoms with Crippen LogP contribution in [0.15, 0.2) is 216 Å². The van der Waals surface area contributed by atoms with Gasteiger partial charge >= 0.3 is 0 Å². The van der Waals surface area contributed by atoms with Crippen molar-refractivity contribution in [2.24, 2.45) is 9.98 Å². The van der Waals surface area contributed by atoms with Crippen molar-refractivity contribution in [1.82, 2.24) is 9.13 Å². The normalized spacial score (nSPS) is 14.7. The Morgan fingerprint density at radius 3 is 1.62 bits per heavy atom. The highest BCUT2D eigenvalue weighted by molar-refractivity contribution is 6.21. The van der Waals surface area contributed by atoms with Crippen molar-refractivity contribution in [3.63, 3.8) is 0 Å². The maximum atomic E-state index is 5.35. The van der Waals surface area contributed by atoms with E-state index < -0.39 is 0 Å². The average Bonchev–Trinajstić information content (AvgIpc) is 3.76. The van der Waals surface area contributed by atoms with Crippen molar-refractivity contribution < 1.29 is 0 Å². The third-order valence-corrected chi connectivity index (χ3v) is 10.6. The van der Waals surface area contributed by atoms with E-state index in [1.165, 1.54) is 32.9 Å². The van der Waals surface area contributed by atoms with Crippen LogP contribution in [0.3, 0.4) is 0 Å². The van der Waals surface area contributed by atoms with E-state index in [2.05, 4.69) is 186 Å². The molecule has 4 nitrogen and oxygen atoms in total. The summed E-state index contributed by atoms with van der Waals surface area (Å²) in [7, 11) is 0. The zero-order valence-electron chi connectivity index (χ0n) is 30.2. The number of aliphatic imine (C=N–C) groups is 2. The number of hydrogen-bond acceptors (Lipinski definition) is 2. The van der Waals surface area contributed by atoms with Gasteiger partial charge in [-0.25, -0.2) is 9.98 Å². The molecule has 0 atom stereocenters. The summed E-state index contributed by atoms with van der Waals surface area (Å²) in [6.07, 6.45) is 8.11. The number of benzene rings is 7. The molecule has 0 saturated heterocycles. The second kappa shape index (κ2) is 13.6. The molecule has 0 unspecified atom stereocenters. The summed E-state index contributed by atoms with van der Waals surface area (Å²) in [6, 6.07) is 60.5. The first-order valence-corrected chi connectivity index (χ1v) is 18.7. The molecule has 3 heterocycles. The lowest BCUT2D eigenvalue weighted by Crippen LogP contribution is -2.15. The lowest BCUT2D eigenvalue weighted by molar-refractivity contribution is 1.14. The van der Waals surface area contributed by atoms with Gasteiger partial charge in [-0.15, -0.1) is 0 Å². The van der Waals surface area contributed by atoms with E-state index >= 15 is 0 Å². The summed E-state index contributed by atoms with van der Waals surface area (Å²) in [5.41, 5.74) is 12.9. The third-order valence-electron chi connectivity index (χ3n) is 10.6. The van der Waals surface area contributed by atoms with Crippen molar-refractivity contribution in [2.45, 2.75) is 0 Å². The molecule has 0 fully saturated rings. The van der Waals surface area contributed by atoms with Crippen LogP contribution in [-0.2, 0) is 0 Å². The molecule has 1 aliphatic heterocycles. The maximum absolute atomic E-state index is 5.35. The second-order valence-electron chi connectivity index (χ2n) is 13.9. The number of nitrogens with zero attached hydrogens (tertiary/aromatic N) is 4. The van der Waals surface area contributed by atoms with Gasteiger partial charge in [0.15, 0.2) is 0 Å². The molecule has 0 saturated carbocycles. The van der Waals surface area contributed by atoms with Crippen LogP contribution in [-0.4, -0.2) is 27.4 Å². The second-order valence-corrected chi connectivity index (χ2v) is 13.9. The Balaban J connectivity index is 1.11. The number of rotatable bonds is 4. The van der Waals surface area contributed by atoms with Crippen LogP contribution < -0.4 is 0 Å². The first kappa shape index (κ1) is 32.4. The average molecular weight is 705 g/mol. The molecule has 0 spiro atoms. The van der Waals surface area contributed by atoms with Gasteiger partial charge in [0.05, 0.1) is 34.3 Å². The molecule has 10 rings (SSSR count). The lowest BCUT2D eigenvalue weighted by Gasteiger charge is -2.13. The Kier molecular flexibility index (Phi) is 8.00. The van der Waals surface area contributed by atoms with E-state index in [9.17, 15) is 0 Å². The molecule has 0 aliphatic carbocycles. The minimum absolute atomic E-state index is 0.499. The minimum atomic E-state index is 0.499. The van der Waals surface area contributed by atoms with Crippen LogP contribution in [0, 0.1) is 0 Å². The van der Waals surface area contributed by atoms with Crippen molar-refractivity contribution >= 4 is 55.3 Å². The van der Waals surface area contributed by atoms with Crippen molar-refractivity contribution in [3.8, 4) is 27.9 Å². The van der Waals surface area contributed by atoms with Gasteiger partial charge in [0, 0.05) is 32.8 Å². The SMILES string of the molecule is C=C1/C=C\C=C/CN=C(n2c3ccccc3c3cc(-c4ccc5c(c4)c4ccccc4n5-c4ccccc4)ccc32)N=C1c1ccc(-c2ccccc2)cc1. The standard InChI is InChI=1S/C51H36N4/c1-35-15-5-4-14-32-52-51(53-50(35)38-26-24-37(25-27-38)36-16-6-2-7-17-36)55-47-23-13-11-21-43(47)45-34-40(29-31-49(45)55)39-28-30-48-44(33-39)42-20-10-12-22-46(42)54(48)41-18-8-3-9-19-41/h2-31,33-34H,1,32H2/b14-4-,15-5-,52-51?,53-50?. The summed E-state index contributed by atoms with van der Waals surface area (Å²) in [6.45, 7) is 4.95. The summed E-state index contributed by atoms with van der Waals surface area (Å²) in [5, 5.41) is 4.78. The van der Waals surface area contributed by atoms with Gasteiger partial charge in [0.2, 0.25) is 5.96 Å². The predicted octanol–water partition coefficient (Wildman–Crippen LogP) is 12.6. The Hall–Kier alpha value is -7.30. The van der Waals surface area contributed by atoms with Gasteiger partial charge < -0.3 is 4.57 Å². The number of hydrogen-bond donors (Lipinski definition) is 0. The Morgan fingerprint density at radius 2 is 0.945 bits per heavy atom. The molecule has 7 aromatic carbocycles. The fraction of sp³-hybridized carbons (Fsp3) is 0.0196. The lowest BCUT2D eigenvalue weighted by atomic mass is 9.99. The van der Waals surface area contributed by atoms with Crippen LogP contribution in [0.25, 0.3) is 71.6 Å². The highest BCUT2D eigenvalue weighted by Gasteiger charge is 2.19. The van der Waals surface area contributed by atoms with Crippen LogP contribution in [0.4, 0.5) is 0 Å². The largest absolute Gasteiger partial charge is 0.309 e. The fourth-order valence-corrected chi connectivity index (χ4v) is 7.93. The van der Waals surface area contributed by atoms with Gasteiger partial charge in [0.25, 0.3) is 0 Å². The van der Waals surface area contributed by atoms with E-state index in [0.29, 0.717) is 12.5 Å². The van der Waals surface area contributed by atoms with Crippen LogP contribution in [0.5, 0.6) is 0 Å². The Bertz CT molecular complexity index is 3040. The van der Waals surface area contributed by atoms with E-state index in [1.807, 2.05) is 24.3 Å². The number of allylic oxidation sites excluding steroid dienone is 4. The third kappa shape index (κ3) is 5.72. The minimum Gasteiger partial charge on any atom is -0.309 e. The molecule has 0 radical (unpaired) electrons. The smallest absolute Gasteiger partial charge is 0.230 e. The van der Waals surface area contributed by atoms with E-state index in [-0.39, 0.29) is 0 Å². The molecule has 4 heteroatoms. The van der Waals surface area contributed by atoms with Crippen molar-refractivity contribution in [3.05, 3.63) is 212 Å². The van der Waals surface area contributed by atoms with E-state index in [0.717, 1.165) is 55.5 Å². The van der Waals surface area contributed by atoms with Gasteiger partial charge in [-0.3, -0.25) is 4.57 Å². The quantitative estimate of drug-likeness (QED) is 0.175. The van der Waals surface area contributed by atoms with Crippen molar-refractivity contribution in [2.75, 3.05) is 6.54 Å². The molecule has 0 bridgehead atoms. The number of aromatic nitrogens is 2. The van der Waals surface area contributed by atoms with Crippen LogP contribution in [0.2, 0.25) is 0 Å². The fourth-order valence-electron chi connectivity index (χ4n) is 7.93. The van der Waals surface area contributed by atoms with Gasteiger partial charge in [-0.05, 0) is 76.4 Å². The molecule has 0 N–H and O–H groups in total. The predicted molar refractivity (Wildman–Crippen MR) is 233 cm³/mol. The molecular formula is C51H36N4. The van der Waals surface area contributed by atoms with E-state index in [4.69, 9.17) is 9.98 Å². The summed E-state index contributed by atoms with van der Waals surface area (Å²) < 4.78 is 4.56. The zero-order chi connectivity index (χ0) is 36.7. The Labute approximate surface area is 319 Å². The van der Waals surface area contributed by atoms with E-state index in [1.54, 1.807) is 0 Å². The molecule has 260 valence electrons. The maximum Gasteiger partial charge on any atom is 0.230 e. The molecule has 55 heavy (non-hydrogen) atoms. The molecule has 9 aromatic rings. The van der Waals surface area contributed by atoms with Crippen LogP contribution >= 0.6 is 0 Å². The molecule has 0 amide bonds. The monoisotopic (exact) mass is 704 g/mol. The highest BCUT2D eigenvalue weighted by Crippen LogP contribution is 2.37. The van der Waals surface area contributed by atoms with Gasteiger partial charge in [-0.2, -0.15) is 0 Å². The Morgan fingerprint density at radius 1 is 0.436 bits per heavy atom. The van der Waals surface area contributed by atoms with Crippen molar-refractivity contribution in [1.29, 1.82) is 0 Å². The van der Waals surface area contributed by atoms with Crippen LogP contribution in [0.1, 0.15) is 5.56 Å². The first-order chi connectivity index (χ1) is 27.2. The highest BCUT2D eigenvalue weighted by atomic mass is 15.2. The summed E-state index contributed by atoms with van der Waals surface area (Å²) in [4.78, 5) is 10.4. The van der Waals surface area contributed by atoms with Gasteiger partial charge in [0.1, 0.15) is 0 Å². The molecular weight excluding hydrogens is 669 g/mol. The zero-order valence-corrected chi connectivity index (χ0v) is 30.2.